The molecular weight excluding hydrogens is 523 g/mol. The van der Waals surface area contributed by atoms with Crippen molar-refractivity contribution in [2.24, 2.45) is 0 Å². The van der Waals surface area contributed by atoms with Gasteiger partial charge in [0.15, 0.2) is 9.84 Å². The van der Waals surface area contributed by atoms with Crippen LogP contribution < -0.4 is 0 Å². The molecule has 0 N–H and O–H groups in total. The van der Waals surface area contributed by atoms with Crippen LogP contribution in [0.15, 0.2) is 108 Å². The molecule has 5 rings (SSSR count). The summed E-state index contributed by atoms with van der Waals surface area (Å²) in [4.78, 5) is 5.27. The molecule has 0 atom stereocenters. The molecule has 5 aromatic rings. The summed E-state index contributed by atoms with van der Waals surface area (Å²) < 4.78 is 25.7. The van der Waals surface area contributed by atoms with Gasteiger partial charge in [0, 0.05) is 36.0 Å². The molecule has 0 amide bonds. The molecule has 0 bridgehead atoms. The summed E-state index contributed by atoms with van der Waals surface area (Å²) in [6.45, 7) is 0.694. The second kappa shape index (κ2) is 10.5. The predicted molar refractivity (Wildman–Crippen MR) is 151 cm³/mol. The molecule has 4 nitrogen and oxygen atoms in total. The van der Waals surface area contributed by atoms with E-state index >= 15 is 0 Å². The van der Waals surface area contributed by atoms with E-state index in [0.29, 0.717) is 27.9 Å². The third kappa shape index (κ3) is 5.96. The molecule has 37 heavy (non-hydrogen) atoms. The molecule has 0 saturated carbocycles. The van der Waals surface area contributed by atoms with Crippen LogP contribution in [0, 0.1) is 0 Å². The molecule has 7 heteroatoms. The number of imidazole rings is 1. The van der Waals surface area contributed by atoms with Crippen LogP contribution in [0.3, 0.4) is 0 Å². The lowest BCUT2D eigenvalue weighted by molar-refractivity contribution is 0.602. The van der Waals surface area contributed by atoms with Crippen LogP contribution in [0.4, 0.5) is 0 Å². The molecule has 186 valence electrons. The van der Waals surface area contributed by atoms with Crippen molar-refractivity contribution in [3.8, 4) is 22.4 Å². The molecule has 0 spiro atoms. The predicted octanol–water partition coefficient (Wildman–Crippen LogP) is 7.57. The Hall–Kier alpha value is -3.38. The molecule has 0 radical (unpaired) electrons. The third-order valence-corrected chi connectivity index (χ3v) is 7.87. The fourth-order valence-corrected chi connectivity index (χ4v) is 5.37. The Balaban J connectivity index is 1.44. The van der Waals surface area contributed by atoms with Crippen molar-refractivity contribution >= 4 is 33.0 Å². The largest absolute Gasteiger partial charge is 0.330 e. The molecule has 0 saturated heterocycles. The van der Waals surface area contributed by atoms with E-state index in [1.165, 1.54) is 11.8 Å². The fourth-order valence-electron chi connectivity index (χ4n) is 4.23. The van der Waals surface area contributed by atoms with E-state index in [-0.39, 0.29) is 0 Å². The Kier molecular flexibility index (Phi) is 7.20. The summed E-state index contributed by atoms with van der Waals surface area (Å²) in [5.74, 6) is 0.926. The van der Waals surface area contributed by atoms with Gasteiger partial charge in [-0.25, -0.2) is 13.4 Å². The maximum atomic E-state index is 11.7. The highest BCUT2D eigenvalue weighted by atomic mass is 35.5. The van der Waals surface area contributed by atoms with Gasteiger partial charge in [0.05, 0.1) is 15.6 Å². The van der Waals surface area contributed by atoms with Crippen LogP contribution in [0.2, 0.25) is 10.0 Å². The molecule has 4 aromatic carbocycles. The molecule has 0 unspecified atom stereocenters. The van der Waals surface area contributed by atoms with E-state index in [0.717, 1.165) is 33.8 Å². The van der Waals surface area contributed by atoms with Gasteiger partial charge in [0.2, 0.25) is 0 Å². The SMILES string of the molecule is CS(=O)(=O)c1ccc(-c2ccc(Cc3nc(-c4ccc(Cl)cc4Cl)cn3Cc3ccccc3)cc2)cc1. The summed E-state index contributed by atoms with van der Waals surface area (Å²) in [6, 6.07) is 30.9. The van der Waals surface area contributed by atoms with E-state index < -0.39 is 9.84 Å². The standard InChI is InChI=1S/C30H24Cl2N2O2S/c1-37(35,36)26-14-11-24(12-15-26)23-9-7-21(8-10-23)17-30-33-29(27-16-13-25(31)18-28(27)32)20-34(30)19-22-5-3-2-4-6-22/h2-16,18,20H,17,19H2,1H3. The van der Waals surface area contributed by atoms with Crippen LogP contribution >= 0.6 is 23.2 Å². The van der Waals surface area contributed by atoms with Crippen molar-refractivity contribution in [1.29, 1.82) is 0 Å². The summed E-state index contributed by atoms with van der Waals surface area (Å²) in [7, 11) is -3.22. The van der Waals surface area contributed by atoms with Gasteiger partial charge in [0.1, 0.15) is 5.82 Å². The number of hydrogen-bond donors (Lipinski definition) is 0. The third-order valence-electron chi connectivity index (χ3n) is 6.19. The summed E-state index contributed by atoms with van der Waals surface area (Å²) >= 11 is 12.6. The van der Waals surface area contributed by atoms with Gasteiger partial charge in [-0.2, -0.15) is 0 Å². The number of benzene rings is 4. The van der Waals surface area contributed by atoms with Crippen molar-refractivity contribution in [1.82, 2.24) is 9.55 Å². The first kappa shape index (κ1) is 25.3. The summed E-state index contributed by atoms with van der Waals surface area (Å²) in [5.41, 5.74) is 5.92. The minimum atomic E-state index is -3.22. The van der Waals surface area contributed by atoms with Crippen molar-refractivity contribution in [3.63, 3.8) is 0 Å². The summed E-state index contributed by atoms with van der Waals surface area (Å²) in [5, 5.41) is 1.15. The van der Waals surface area contributed by atoms with E-state index in [2.05, 4.69) is 28.8 Å². The van der Waals surface area contributed by atoms with Crippen LogP contribution in [-0.2, 0) is 22.8 Å². The molecule has 1 heterocycles. The van der Waals surface area contributed by atoms with E-state index in [1.807, 2.05) is 60.8 Å². The second-order valence-corrected chi connectivity index (χ2v) is 11.8. The van der Waals surface area contributed by atoms with Crippen molar-refractivity contribution < 1.29 is 8.42 Å². The highest BCUT2D eigenvalue weighted by Gasteiger charge is 2.14. The van der Waals surface area contributed by atoms with Gasteiger partial charge in [-0.05, 0) is 52.6 Å². The number of nitrogens with zero attached hydrogens (tertiary/aromatic N) is 2. The quantitative estimate of drug-likeness (QED) is 0.211. The topological polar surface area (TPSA) is 52.0 Å². The van der Waals surface area contributed by atoms with Gasteiger partial charge in [-0.3, -0.25) is 0 Å². The molecule has 0 aliphatic rings. The molecular formula is C30H24Cl2N2O2S. The zero-order valence-corrected chi connectivity index (χ0v) is 22.4. The van der Waals surface area contributed by atoms with Crippen LogP contribution in [-0.4, -0.2) is 24.2 Å². The van der Waals surface area contributed by atoms with Crippen molar-refractivity contribution in [2.75, 3.05) is 6.26 Å². The lowest BCUT2D eigenvalue weighted by atomic mass is 10.0. The Labute approximate surface area is 227 Å². The van der Waals surface area contributed by atoms with Crippen molar-refractivity contribution in [3.05, 3.63) is 130 Å². The van der Waals surface area contributed by atoms with Crippen LogP contribution in [0.5, 0.6) is 0 Å². The van der Waals surface area contributed by atoms with Crippen molar-refractivity contribution in [2.45, 2.75) is 17.9 Å². The van der Waals surface area contributed by atoms with E-state index in [9.17, 15) is 8.42 Å². The minimum absolute atomic E-state index is 0.315. The van der Waals surface area contributed by atoms with Crippen LogP contribution in [0.1, 0.15) is 17.0 Å². The molecule has 1 aromatic heterocycles. The fraction of sp³-hybridized carbons (Fsp3) is 0.100. The number of rotatable bonds is 7. The normalized spacial score (nSPS) is 11.5. The van der Waals surface area contributed by atoms with Gasteiger partial charge < -0.3 is 4.57 Å². The van der Waals surface area contributed by atoms with Gasteiger partial charge >= 0.3 is 0 Å². The first-order valence-corrected chi connectivity index (χ1v) is 14.4. The van der Waals surface area contributed by atoms with Gasteiger partial charge in [0.25, 0.3) is 0 Å². The zero-order valence-electron chi connectivity index (χ0n) is 20.1. The number of sulfone groups is 1. The monoisotopic (exact) mass is 546 g/mol. The minimum Gasteiger partial charge on any atom is -0.330 e. The molecule has 0 fully saturated rings. The Morgan fingerprint density at radius 1 is 0.784 bits per heavy atom. The molecule has 0 aliphatic heterocycles. The Morgan fingerprint density at radius 2 is 1.43 bits per heavy atom. The zero-order chi connectivity index (χ0) is 26.0. The number of hydrogen-bond acceptors (Lipinski definition) is 3. The highest BCUT2D eigenvalue weighted by molar-refractivity contribution is 7.90. The average Bonchev–Trinajstić information content (AvgIpc) is 3.26. The lowest BCUT2D eigenvalue weighted by Crippen LogP contribution is -2.05. The number of halogens is 2. The second-order valence-electron chi connectivity index (χ2n) is 8.95. The lowest BCUT2D eigenvalue weighted by Gasteiger charge is -2.09. The number of aromatic nitrogens is 2. The molecule has 0 aliphatic carbocycles. The Bertz CT molecular complexity index is 1640. The van der Waals surface area contributed by atoms with Gasteiger partial charge in [-0.1, -0.05) is 89.9 Å². The average molecular weight is 548 g/mol. The van der Waals surface area contributed by atoms with E-state index in [1.54, 1.807) is 18.2 Å². The first-order chi connectivity index (χ1) is 17.8. The van der Waals surface area contributed by atoms with Gasteiger partial charge in [-0.15, -0.1) is 0 Å². The van der Waals surface area contributed by atoms with Crippen LogP contribution in [0.25, 0.3) is 22.4 Å². The van der Waals surface area contributed by atoms with E-state index in [4.69, 9.17) is 28.2 Å². The highest BCUT2D eigenvalue weighted by Crippen LogP contribution is 2.31. The maximum absolute atomic E-state index is 11.7. The Morgan fingerprint density at radius 3 is 2.05 bits per heavy atom. The first-order valence-electron chi connectivity index (χ1n) is 11.7. The summed E-state index contributed by atoms with van der Waals surface area (Å²) in [6.07, 6.45) is 3.89. The maximum Gasteiger partial charge on any atom is 0.175 e. The smallest absolute Gasteiger partial charge is 0.175 e.